The van der Waals surface area contributed by atoms with Crippen molar-refractivity contribution in [1.29, 1.82) is 0 Å². The summed E-state index contributed by atoms with van der Waals surface area (Å²) in [5.41, 5.74) is 1.28. The number of benzene rings is 2. The number of nitro groups is 1. The van der Waals surface area contributed by atoms with Crippen LogP contribution in [0.25, 0.3) is 0 Å². The second-order valence-corrected chi connectivity index (χ2v) is 7.01. The molecule has 0 aliphatic carbocycles. The molecule has 0 spiro atoms. The monoisotopic (exact) mass is 450 g/mol. The lowest BCUT2D eigenvalue weighted by molar-refractivity contribution is -0.384. The van der Waals surface area contributed by atoms with Crippen LogP contribution in [0.5, 0.6) is 5.75 Å². The lowest BCUT2D eigenvalue weighted by atomic mass is 10.1. The minimum Gasteiger partial charge on any atom is -0.496 e. The number of hydrogen-bond donors (Lipinski definition) is 0. The number of carbonyl (C=O) groups is 1. The van der Waals surface area contributed by atoms with Crippen LogP contribution in [0.3, 0.4) is 0 Å². The van der Waals surface area contributed by atoms with Crippen molar-refractivity contribution >= 4 is 33.3 Å². The van der Waals surface area contributed by atoms with Gasteiger partial charge in [-0.25, -0.2) is 4.79 Å². The van der Waals surface area contributed by atoms with Crippen LogP contribution in [0.15, 0.2) is 40.9 Å². The number of nitro benzene ring substituents is 1. The number of esters is 1. The van der Waals surface area contributed by atoms with Crippen LogP contribution in [-0.2, 0) is 16.1 Å². The summed E-state index contributed by atoms with van der Waals surface area (Å²) in [7, 11) is 1.53. The van der Waals surface area contributed by atoms with E-state index in [2.05, 4.69) is 15.9 Å². The number of hydrogen-bond acceptors (Lipinski definition) is 7. The van der Waals surface area contributed by atoms with Gasteiger partial charge in [-0.1, -0.05) is 15.9 Å². The first-order chi connectivity index (χ1) is 13.5. The molecular formula is C19H19BrN2O6. The third kappa shape index (κ3) is 4.60. The van der Waals surface area contributed by atoms with E-state index in [1.54, 1.807) is 18.2 Å². The fourth-order valence-electron chi connectivity index (χ4n) is 2.96. The molecule has 0 N–H and O–H groups in total. The van der Waals surface area contributed by atoms with Crippen LogP contribution in [0.1, 0.15) is 15.9 Å². The summed E-state index contributed by atoms with van der Waals surface area (Å²) in [5, 5.41) is 11.2. The van der Waals surface area contributed by atoms with E-state index < -0.39 is 10.9 Å². The summed E-state index contributed by atoms with van der Waals surface area (Å²) in [4.78, 5) is 25.4. The van der Waals surface area contributed by atoms with E-state index in [-0.39, 0.29) is 17.9 Å². The third-order valence-electron chi connectivity index (χ3n) is 4.36. The molecule has 1 aliphatic heterocycles. The van der Waals surface area contributed by atoms with Crippen molar-refractivity contribution in [2.45, 2.75) is 6.61 Å². The molecule has 1 saturated heterocycles. The number of halogens is 1. The Morgan fingerprint density at radius 1 is 1.25 bits per heavy atom. The number of ether oxygens (including phenoxy) is 3. The van der Waals surface area contributed by atoms with E-state index in [4.69, 9.17) is 14.2 Å². The highest BCUT2D eigenvalue weighted by Crippen LogP contribution is 2.28. The molecule has 1 fully saturated rings. The SMILES string of the molecule is COc1ccc(Br)cc1COC(=O)c1cc([N+](=O)[O-])ccc1N1CCOCC1. The fraction of sp³-hybridized carbons (Fsp3) is 0.316. The maximum atomic E-state index is 12.8. The zero-order valence-corrected chi connectivity index (χ0v) is 16.8. The summed E-state index contributed by atoms with van der Waals surface area (Å²) in [5.74, 6) is -0.0457. The van der Waals surface area contributed by atoms with Crippen LogP contribution in [0.2, 0.25) is 0 Å². The van der Waals surface area contributed by atoms with E-state index in [9.17, 15) is 14.9 Å². The average Bonchev–Trinajstić information content (AvgIpc) is 2.72. The largest absolute Gasteiger partial charge is 0.496 e. The van der Waals surface area contributed by atoms with Crippen molar-refractivity contribution in [3.8, 4) is 5.75 Å². The Bertz CT molecular complexity index is 883. The maximum absolute atomic E-state index is 12.8. The average molecular weight is 451 g/mol. The van der Waals surface area contributed by atoms with E-state index in [0.717, 1.165) is 4.47 Å². The van der Waals surface area contributed by atoms with Gasteiger partial charge in [-0.15, -0.1) is 0 Å². The Morgan fingerprint density at radius 2 is 2.00 bits per heavy atom. The summed E-state index contributed by atoms with van der Waals surface area (Å²) in [6.45, 7) is 2.23. The van der Waals surface area contributed by atoms with Gasteiger partial charge in [0.2, 0.25) is 0 Å². The molecule has 0 aromatic heterocycles. The van der Waals surface area contributed by atoms with Crippen LogP contribution in [0.4, 0.5) is 11.4 Å². The lowest BCUT2D eigenvalue weighted by Crippen LogP contribution is -2.37. The minimum atomic E-state index is -0.632. The Kier molecular flexibility index (Phi) is 6.48. The summed E-state index contributed by atoms with van der Waals surface area (Å²) >= 11 is 3.38. The van der Waals surface area contributed by atoms with Gasteiger partial charge in [-0.2, -0.15) is 0 Å². The number of anilines is 1. The third-order valence-corrected chi connectivity index (χ3v) is 4.86. The van der Waals surface area contributed by atoms with Crippen molar-refractivity contribution < 1.29 is 23.9 Å². The number of carbonyl (C=O) groups excluding carboxylic acids is 1. The summed E-state index contributed by atoms with van der Waals surface area (Å²) < 4.78 is 16.9. The molecule has 3 rings (SSSR count). The minimum absolute atomic E-state index is 0.0211. The Labute approximate surface area is 170 Å². The van der Waals surface area contributed by atoms with Crippen LogP contribution in [-0.4, -0.2) is 44.3 Å². The summed E-state index contributed by atoms with van der Waals surface area (Å²) in [6, 6.07) is 9.60. The highest BCUT2D eigenvalue weighted by atomic mass is 79.9. The van der Waals surface area contributed by atoms with Gasteiger partial charge in [-0.3, -0.25) is 10.1 Å². The molecule has 0 amide bonds. The van der Waals surface area contributed by atoms with Crippen molar-refractivity contribution in [2.75, 3.05) is 38.3 Å². The van der Waals surface area contributed by atoms with Gasteiger partial charge >= 0.3 is 5.97 Å². The zero-order chi connectivity index (χ0) is 20.1. The van der Waals surface area contributed by atoms with Gasteiger partial charge in [0.25, 0.3) is 5.69 Å². The Hall–Kier alpha value is -2.65. The lowest BCUT2D eigenvalue weighted by Gasteiger charge is -2.30. The van der Waals surface area contributed by atoms with Gasteiger partial charge < -0.3 is 19.1 Å². The van der Waals surface area contributed by atoms with Gasteiger partial charge in [0, 0.05) is 35.3 Å². The molecule has 9 heteroatoms. The molecule has 8 nitrogen and oxygen atoms in total. The first-order valence-corrected chi connectivity index (χ1v) is 9.39. The second-order valence-electron chi connectivity index (χ2n) is 6.09. The van der Waals surface area contributed by atoms with Crippen LogP contribution in [0, 0.1) is 10.1 Å². The molecule has 0 atom stereocenters. The molecule has 1 aliphatic rings. The fourth-order valence-corrected chi connectivity index (χ4v) is 3.37. The molecule has 0 saturated carbocycles. The van der Waals surface area contributed by atoms with Gasteiger partial charge in [0.1, 0.15) is 12.4 Å². The van der Waals surface area contributed by atoms with E-state index >= 15 is 0 Å². The molecule has 148 valence electrons. The first-order valence-electron chi connectivity index (χ1n) is 8.60. The summed E-state index contributed by atoms with van der Waals surface area (Å²) in [6.07, 6.45) is 0. The van der Waals surface area contributed by atoms with Crippen molar-refractivity contribution in [2.24, 2.45) is 0 Å². The van der Waals surface area contributed by atoms with E-state index in [1.807, 2.05) is 11.0 Å². The van der Waals surface area contributed by atoms with E-state index in [0.29, 0.717) is 43.3 Å². The number of morpholine rings is 1. The number of nitrogens with zero attached hydrogens (tertiary/aromatic N) is 2. The smallest absolute Gasteiger partial charge is 0.340 e. The predicted molar refractivity (Wildman–Crippen MR) is 106 cm³/mol. The highest BCUT2D eigenvalue weighted by Gasteiger charge is 2.23. The molecule has 2 aromatic rings. The number of rotatable bonds is 6. The van der Waals surface area contributed by atoms with Crippen LogP contribution < -0.4 is 9.64 Å². The van der Waals surface area contributed by atoms with Crippen molar-refractivity contribution in [3.05, 3.63) is 62.1 Å². The molecule has 0 bridgehead atoms. The Balaban J connectivity index is 1.86. The standard InChI is InChI=1S/C19H19BrN2O6/c1-26-18-5-2-14(20)10-13(18)12-28-19(23)16-11-15(22(24)25)3-4-17(16)21-6-8-27-9-7-21/h2-5,10-11H,6-9,12H2,1H3. The normalized spacial score (nSPS) is 13.9. The topological polar surface area (TPSA) is 91.1 Å². The van der Waals surface area contributed by atoms with Crippen molar-refractivity contribution in [1.82, 2.24) is 0 Å². The quantitative estimate of drug-likeness (QED) is 0.377. The second kappa shape index (κ2) is 9.03. The van der Waals surface area contributed by atoms with Crippen molar-refractivity contribution in [3.63, 3.8) is 0 Å². The molecule has 0 radical (unpaired) electrons. The molecule has 2 aromatic carbocycles. The number of non-ortho nitro benzene ring substituents is 1. The van der Waals surface area contributed by atoms with E-state index in [1.165, 1.54) is 19.2 Å². The Morgan fingerprint density at radius 3 is 2.68 bits per heavy atom. The molecule has 0 unspecified atom stereocenters. The molecular weight excluding hydrogens is 432 g/mol. The predicted octanol–water partition coefficient (Wildman–Crippen LogP) is 3.56. The number of methoxy groups -OCH3 is 1. The maximum Gasteiger partial charge on any atom is 0.340 e. The van der Waals surface area contributed by atoms with Gasteiger partial charge in [-0.05, 0) is 24.3 Å². The van der Waals surface area contributed by atoms with Crippen LogP contribution >= 0.6 is 15.9 Å². The molecule has 1 heterocycles. The highest BCUT2D eigenvalue weighted by molar-refractivity contribution is 9.10. The zero-order valence-electron chi connectivity index (χ0n) is 15.2. The van der Waals surface area contributed by atoms with Gasteiger partial charge in [0.05, 0.1) is 36.5 Å². The van der Waals surface area contributed by atoms with Gasteiger partial charge in [0.15, 0.2) is 0 Å². The first kappa shape index (κ1) is 20.1. The molecule has 28 heavy (non-hydrogen) atoms.